The Bertz CT molecular complexity index is 2540. The molecule has 24 heteroatoms. The third-order valence-electron chi connectivity index (χ3n) is 12.8. The molecular formula is C47H63Cl3N12O6S3. The average Bonchev–Trinajstić information content (AvgIpc) is 3.76. The molecule has 4 aliphatic rings. The van der Waals surface area contributed by atoms with E-state index < -0.39 is 23.4 Å². The molecular weight excluding hydrogens is 1030 g/mol. The maximum absolute atomic E-state index is 12.5. The van der Waals surface area contributed by atoms with E-state index in [1.54, 1.807) is 42.6 Å². The molecule has 0 saturated carbocycles. The molecule has 71 heavy (non-hydrogen) atoms. The number of nitrogen functional groups attached to an aromatic ring is 2. The number of carbonyl (C=O) groups excluding carboxylic acids is 2. The van der Waals surface area contributed by atoms with Crippen LogP contribution in [0.5, 0.6) is 0 Å². The van der Waals surface area contributed by atoms with Gasteiger partial charge < -0.3 is 50.8 Å². The second kappa shape index (κ2) is 22.7. The summed E-state index contributed by atoms with van der Waals surface area (Å²) in [5.74, 6) is 2.06. The van der Waals surface area contributed by atoms with Crippen LogP contribution in [0.25, 0.3) is 0 Å². The van der Waals surface area contributed by atoms with Crippen molar-refractivity contribution < 1.29 is 28.5 Å². The number of piperidine rings is 2. The van der Waals surface area contributed by atoms with Crippen LogP contribution in [0.15, 0.2) is 61.8 Å². The number of alkyl carbamates (subject to hydrolysis) is 2. The molecule has 4 atom stereocenters. The summed E-state index contributed by atoms with van der Waals surface area (Å²) >= 11 is 23.4. The molecule has 4 saturated heterocycles. The Morgan fingerprint density at radius 3 is 1.51 bits per heavy atom. The molecule has 4 aliphatic heterocycles. The molecule has 18 nitrogen and oxygen atoms in total. The minimum atomic E-state index is -0.557. The van der Waals surface area contributed by atoms with Crippen molar-refractivity contribution in [3.8, 4) is 0 Å². The number of thioether (sulfide) groups is 1. The zero-order chi connectivity index (χ0) is 51.5. The van der Waals surface area contributed by atoms with Crippen molar-refractivity contribution in [3.63, 3.8) is 0 Å². The van der Waals surface area contributed by atoms with Crippen LogP contribution in [0, 0.1) is 10.8 Å². The highest BCUT2D eigenvalue weighted by Crippen LogP contribution is 2.46. The van der Waals surface area contributed by atoms with Crippen molar-refractivity contribution in [2.45, 2.75) is 141 Å². The van der Waals surface area contributed by atoms with Crippen LogP contribution in [0.1, 0.15) is 81.1 Å². The molecule has 4 aromatic rings. The molecule has 386 valence electrons. The van der Waals surface area contributed by atoms with Crippen molar-refractivity contribution in [2.24, 2.45) is 10.8 Å². The Morgan fingerprint density at radius 2 is 1.10 bits per heavy atom. The fourth-order valence-corrected chi connectivity index (χ4v) is 12.2. The Balaban J connectivity index is 0.000000209. The molecule has 8 heterocycles. The summed E-state index contributed by atoms with van der Waals surface area (Å²) in [5.41, 5.74) is 10.2. The zero-order valence-corrected chi connectivity index (χ0v) is 46.1. The maximum Gasteiger partial charge on any atom is 0.407 e. The molecule has 0 aromatic carbocycles. The quantitative estimate of drug-likeness (QED) is 0.114. The lowest BCUT2D eigenvalue weighted by Gasteiger charge is -2.43. The predicted octanol–water partition coefficient (Wildman–Crippen LogP) is 9.69. The molecule has 4 fully saturated rings. The lowest BCUT2D eigenvalue weighted by Crippen LogP contribution is -2.55. The summed E-state index contributed by atoms with van der Waals surface area (Å²) in [6.07, 6.45) is 11.1. The van der Waals surface area contributed by atoms with Gasteiger partial charge in [0.05, 0.1) is 59.9 Å². The van der Waals surface area contributed by atoms with Gasteiger partial charge in [-0.05, 0) is 99.5 Å². The molecule has 6 N–H and O–H groups in total. The van der Waals surface area contributed by atoms with Gasteiger partial charge in [0, 0.05) is 59.2 Å². The van der Waals surface area contributed by atoms with E-state index in [1.807, 2.05) is 67.7 Å². The summed E-state index contributed by atoms with van der Waals surface area (Å²) in [6, 6.07) is 3.35. The number of hydrogen-bond acceptors (Lipinski definition) is 19. The van der Waals surface area contributed by atoms with E-state index in [0.29, 0.717) is 45.1 Å². The predicted molar refractivity (Wildman–Crippen MR) is 281 cm³/mol. The minimum Gasteiger partial charge on any atom is -0.444 e. The normalized spacial score (nSPS) is 21.7. The number of nitrogens with zero attached hydrogens (tertiary/aromatic N) is 8. The smallest absolute Gasteiger partial charge is 0.407 e. The third-order valence-corrected chi connectivity index (χ3v) is 16.6. The van der Waals surface area contributed by atoms with Crippen LogP contribution in [-0.4, -0.2) is 123 Å². The Hall–Kier alpha value is -3.96. The number of ether oxygens (including phenoxy) is 4. The first-order valence-electron chi connectivity index (χ1n) is 23.3. The second-order valence-corrected chi connectivity index (χ2v) is 24.1. The van der Waals surface area contributed by atoms with Crippen LogP contribution in [0.2, 0.25) is 15.2 Å². The number of nitrogens with two attached hydrogens (primary N) is 2. The number of nitrogens with one attached hydrogen (secondary N) is 2. The van der Waals surface area contributed by atoms with E-state index in [1.165, 1.54) is 23.5 Å². The van der Waals surface area contributed by atoms with Gasteiger partial charge in [-0.3, -0.25) is 0 Å². The van der Waals surface area contributed by atoms with Gasteiger partial charge in [0.15, 0.2) is 16.8 Å². The lowest BCUT2D eigenvalue weighted by molar-refractivity contribution is 0.0424. The molecule has 8 rings (SSSR count). The third kappa shape index (κ3) is 13.4. The zero-order valence-electron chi connectivity index (χ0n) is 41.4. The maximum atomic E-state index is 12.5. The largest absolute Gasteiger partial charge is 0.444 e. The summed E-state index contributed by atoms with van der Waals surface area (Å²) < 4.78 is 23.0. The summed E-state index contributed by atoms with van der Waals surface area (Å²) in [4.78, 5) is 57.6. The molecule has 0 radical (unpaired) electrons. The monoisotopic (exact) mass is 1090 g/mol. The molecule has 0 bridgehead atoms. The van der Waals surface area contributed by atoms with Crippen LogP contribution in [-0.2, 0) is 18.9 Å². The number of halogens is 3. The van der Waals surface area contributed by atoms with E-state index in [4.69, 9.17) is 75.2 Å². The van der Waals surface area contributed by atoms with Gasteiger partial charge in [-0.2, -0.15) is 0 Å². The van der Waals surface area contributed by atoms with Gasteiger partial charge in [-0.15, -0.1) is 11.8 Å². The number of amides is 2. The van der Waals surface area contributed by atoms with E-state index in [2.05, 4.69) is 40.4 Å². The van der Waals surface area contributed by atoms with Crippen molar-refractivity contribution in [3.05, 3.63) is 52.1 Å². The van der Waals surface area contributed by atoms with Crippen molar-refractivity contribution in [2.75, 3.05) is 66.9 Å². The number of hydrogen-bond donors (Lipinski definition) is 4. The summed E-state index contributed by atoms with van der Waals surface area (Å²) in [6.45, 7) is 19.4. The second-order valence-electron chi connectivity index (χ2n) is 20.1. The highest BCUT2D eigenvalue weighted by molar-refractivity contribution is 8.00. The fraction of sp³-hybridized carbons (Fsp3) is 0.574. The number of carbonyl (C=O) groups is 2. The molecule has 2 spiro atoms. The average molecular weight is 1090 g/mol. The Labute approximate surface area is 443 Å². The van der Waals surface area contributed by atoms with Crippen LogP contribution < -0.4 is 31.9 Å². The fourth-order valence-electron chi connectivity index (χ4n) is 9.24. The SMILES string of the molecule is CSc1nc(Sc2ccnc(N)c2Cl)cnc1N1CCC2(CC1)CO[C@@H](C)[C@H]2NC(=O)OC(C)(C)C.C[C@@H]1OCC2(CCN(c3ncc(Sc4ccnc(N)c4Cl)nc3Cl)CC2)[C@@H]1NC(=O)OC(C)(C)C. The van der Waals surface area contributed by atoms with Crippen LogP contribution >= 0.6 is 70.1 Å². The topological polar surface area (TPSA) is 231 Å². The first-order valence-corrected chi connectivity index (χ1v) is 27.3. The first-order chi connectivity index (χ1) is 33.5. The number of anilines is 4. The van der Waals surface area contributed by atoms with Gasteiger partial charge in [-0.25, -0.2) is 39.5 Å². The number of rotatable bonds is 9. The standard InChI is InChI=1S/C24H33ClN6O3S2.C23H30Cl2N6O3S/c1-14-18(30-22(32)34-23(2,3)4)24(13-33-14)7-10-31(11-8-24)20-21(35-5)29-16(12-28-20)36-15-6-9-27-19(26)17(15)25;1-13-17(30-21(32)34-22(2,3)4)23(12-33-13)6-9-31(10-7-23)20-18(25)29-15(11-28-20)35-14-5-8-27-19(26)16(14)24/h6,9,12,14,18H,7-8,10-11,13H2,1-5H3,(H2,26,27)(H,30,32);5,8,11,13,17H,6-7,9-10,12H2,1-4H3,(H2,26,27)(H,30,32)/t14-,18+;13-,17+/m00/s1. The van der Waals surface area contributed by atoms with E-state index in [-0.39, 0.29) is 40.9 Å². The van der Waals surface area contributed by atoms with Gasteiger partial charge in [0.25, 0.3) is 0 Å². The minimum absolute atomic E-state index is 0.0732. The molecule has 0 aliphatic carbocycles. The van der Waals surface area contributed by atoms with E-state index in [9.17, 15) is 9.59 Å². The van der Waals surface area contributed by atoms with E-state index >= 15 is 0 Å². The van der Waals surface area contributed by atoms with E-state index in [0.717, 1.165) is 77.5 Å². The molecule has 4 aromatic heterocycles. The molecule has 2 amide bonds. The summed E-state index contributed by atoms with van der Waals surface area (Å²) in [5, 5.41) is 9.49. The van der Waals surface area contributed by atoms with Crippen molar-refractivity contribution >= 4 is 106 Å². The van der Waals surface area contributed by atoms with Gasteiger partial charge in [0.1, 0.15) is 37.9 Å². The van der Waals surface area contributed by atoms with Crippen molar-refractivity contribution in [1.82, 2.24) is 40.5 Å². The van der Waals surface area contributed by atoms with Crippen LogP contribution in [0.3, 0.4) is 0 Å². The first kappa shape index (κ1) is 54.8. The highest BCUT2D eigenvalue weighted by atomic mass is 35.5. The lowest BCUT2D eigenvalue weighted by atomic mass is 9.73. The Morgan fingerprint density at radius 1 is 0.690 bits per heavy atom. The number of pyridine rings is 2. The number of aromatic nitrogens is 6. The Kier molecular flexibility index (Phi) is 17.5. The highest BCUT2D eigenvalue weighted by Gasteiger charge is 2.52. The van der Waals surface area contributed by atoms with Crippen molar-refractivity contribution in [1.29, 1.82) is 0 Å². The van der Waals surface area contributed by atoms with Crippen LogP contribution in [0.4, 0.5) is 32.9 Å². The van der Waals surface area contributed by atoms with Gasteiger partial charge in [0.2, 0.25) is 0 Å². The molecule has 0 unspecified atom stereocenters. The van der Waals surface area contributed by atoms with Gasteiger partial charge >= 0.3 is 12.2 Å². The summed E-state index contributed by atoms with van der Waals surface area (Å²) in [7, 11) is 0. The van der Waals surface area contributed by atoms with Gasteiger partial charge in [-0.1, -0.05) is 58.3 Å².